The van der Waals surface area contributed by atoms with E-state index in [0.29, 0.717) is 6.04 Å². The minimum atomic E-state index is 0.437. The second-order valence-corrected chi connectivity index (χ2v) is 3.93. The molecule has 1 aliphatic rings. The maximum Gasteiger partial charge on any atom is 0.0474 e. The number of hydrogen-bond donors (Lipinski definition) is 2. The van der Waals surface area contributed by atoms with Gasteiger partial charge in [0.2, 0.25) is 0 Å². The summed E-state index contributed by atoms with van der Waals surface area (Å²) in [5.41, 5.74) is 8.80. The van der Waals surface area contributed by atoms with Crippen LogP contribution in [0.1, 0.15) is 23.6 Å². The summed E-state index contributed by atoms with van der Waals surface area (Å²) in [5.74, 6) is 0. The van der Waals surface area contributed by atoms with Crippen molar-refractivity contribution in [3.8, 4) is 0 Å². The van der Waals surface area contributed by atoms with E-state index in [-0.39, 0.29) is 0 Å². The van der Waals surface area contributed by atoms with E-state index >= 15 is 0 Å². The molecule has 1 aliphatic heterocycles. The highest BCUT2D eigenvalue weighted by Gasteiger charge is 2.21. The first-order valence-electron chi connectivity index (χ1n) is 4.47. The molecule has 0 aliphatic carbocycles. The molecule has 1 fully saturated rings. The Hall–Kier alpha value is -0.730. The molecule has 0 unspecified atom stereocenters. The van der Waals surface area contributed by atoms with Gasteiger partial charge in [-0.3, -0.25) is 0 Å². The number of hydrogen-bond acceptors (Lipinski definition) is 2. The fourth-order valence-corrected chi connectivity index (χ4v) is 1.84. The lowest BCUT2D eigenvalue weighted by molar-refractivity contribution is 0.383. The van der Waals surface area contributed by atoms with Crippen molar-refractivity contribution in [1.29, 1.82) is 0 Å². The summed E-state index contributed by atoms with van der Waals surface area (Å²) < 4.78 is 0. The van der Waals surface area contributed by atoms with Crippen LogP contribution in [0.4, 0.5) is 5.69 Å². The molecule has 1 aromatic rings. The largest absolute Gasteiger partial charge is 0.398 e. The summed E-state index contributed by atoms with van der Waals surface area (Å²) >= 11 is 6.09. The number of aryl methyl sites for hydroxylation is 1. The summed E-state index contributed by atoms with van der Waals surface area (Å²) in [7, 11) is 0. The lowest BCUT2D eigenvalue weighted by atomic mass is 9.96. The molecule has 1 heterocycles. The monoisotopic (exact) mass is 196 g/mol. The lowest BCUT2D eigenvalue weighted by Crippen LogP contribution is -2.35. The Bertz CT molecular complexity index is 332. The maximum atomic E-state index is 6.09. The van der Waals surface area contributed by atoms with Gasteiger partial charge in [-0.1, -0.05) is 17.7 Å². The zero-order chi connectivity index (χ0) is 9.42. The van der Waals surface area contributed by atoms with Crippen LogP contribution in [-0.4, -0.2) is 6.54 Å². The van der Waals surface area contributed by atoms with E-state index in [2.05, 4.69) is 11.4 Å². The van der Waals surface area contributed by atoms with Gasteiger partial charge in [0.05, 0.1) is 0 Å². The van der Waals surface area contributed by atoms with Gasteiger partial charge in [-0.05, 0) is 37.1 Å². The molecule has 1 atom stereocenters. The standard InChI is InChI=1S/C10H13ClN2/c1-6-4-7(10-2-3-13-10)8(11)5-9(6)12/h4-5,10,13H,2-3,12H2,1H3/t10-/m1/s1. The Morgan fingerprint density at radius 1 is 1.54 bits per heavy atom. The van der Waals surface area contributed by atoms with Crippen LogP contribution in [0.15, 0.2) is 12.1 Å². The Morgan fingerprint density at radius 3 is 2.77 bits per heavy atom. The van der Waals surface area contributed by atoms with Crippen molar-refractivity contribution in [2.75, 3.05) is 12.3 Å². The van der Waals surface area contributed by atoms with Gasteiger partial charge >= 0.3 is 0 Å². The molecule has 0 bridgehead atoms. The quantitative estimate of drug-likeness (QED) is 0.677. The van der Waals surface area contributed by atoms with E-state index in [1.807, 2.05) is 13.0 Å². The zero-order valence-corrected chi connectivity index (χ0v) is 8.36. The van der Waals surface area contributed by atoms with Gasteiger partial charge in [0.25, 0.3) is 0 Å². The van der Waals surface area contributed by atoms with Crippen LogP contribution < -0.4 is 11.1 Å². The lowest BCUT2D eigenvalue weighted by Gasteiger charge is -2.29. The summed E-state index contributed by atoms with van der Waals surface area (Å²) in [6, 6.07) is 4.35. The number of rotatable bonds is 1. The summed E-state index contributed by atoms with van der Waals surface area (Å²) in [4.78, 5) is 0. The third-order valence-corrected chi connectivity index (χ3v) is 2.91. The predicted octanol–water partition coefficient (Wildman–Crippen LogP) is 2.27. The van der Waals surface area contributed by atoms with Gasteiger partial charge in [0.1, 0.15) is 0 Å². The molecule has 1 aromatic carbocycles. The van der Waals surface area contributed by atoms with Crippen molar-refractivity contribution in [2.24, 2.45) is 0 Å². The first-order valence-corrected chi connectivity index (χ1v) is 4.85. The first-order chi connectivity index (χ1) is 6.18. The molecule has 2 rings (SSSR count). The van der Waals surface area contributed by atoms with Gasteiger partial charge < -0.3 is 11.1 Å². The Kier molecular flexibility index (Phi) is 2.18. The fraction of sp³-hybridized carbons (Fsp3) is 0.400. The number of halogens is 1. The van der Waals surface area contributed by atoms with E-state index in [4.69, 9.17) is 17.3 Å². The van der Waals surface area contributed by atoms with E-state index in [1.54, 1.807) is 0 Å². The van der Waals surface area contributed by atoms with Crippen LogP contribution >= 0.6 is 11.6 Å². The summed E-state index contributed by atoms with van der Waals surface area (Å²) in [6.07, 6.45) is 1.17. The van der Waals surface area contributed by atoms with Crippen molar-refractivity contribution >= 4 is 17.3 Å². The number of nitrogen functional groups attached to an aromatic ring is 1. The zero-order valence-electron chi connectivity index (χ0n) is 7.60. The second kappa shape index (κ2) is 3.20. The number of nitrogens with two attached hydrogens (primary N) is 1. The Morgan fingerprint density at radius 2 is 2.23 bits per heavy atom. The molecule has 3 heteroatoms. The van der Waals surface area contributed by atoms with Crippen LogP contribution in [0, 0.1) is 6.92 Å². The topological polar surface area (TPSA) is 38.0 Å². The molecular weight excluding hydrogens is 184 g/mol. The van der Waals surface area contributed by atoms with Crippen LogP contribution in [0.3, 0.4) is 0 Å². The predicted molar refractivity (Wildman–Crippen MR) is 56.0 cm³/mol. The van der Waals surface area contributed by atoms with E-state index in [0.717, 1.165) is 22.8 Å². The van der Waals surface area contributed by atoms with Crippen molar-refractivity contribution in [3.63, 3.8) is 0 Å². The third kappa shape index (κ3) is 1.52. The molecule has 0 spiro atoms. The van der Waals surface area contributed by atoms with Gasteiger partial charge in [0.15, 0.2) is 0 Å². The SMILES string of the molecule is Cc1cc([C@H]2CCN2)c(Cl)cc1N. The molecule has 1 saturated heterocycles. The average Bonchev–Trinajstić information content (AvgIpc) is 1.96. The average molecular weight is 197 g/mol. The molecular formula is C10H13ClN2. The second-order valence-electron chi connectivity index (χ2n) is 3.53. The normalized spacial score (nSPS) is 21.2. The van der Waals surface area contributed by atoms with Gasteiger partial charge in [-0.2, -0.15) is 0 Å². The first kappa shape index (κ1) is 8.85. The highest BCUT2D eigenvalue weighted by Crippen LogP contribution is 2.32. The smallest absolute Gasteiger partial charge is 0.0474 e. The third-order valence-electron chi connectivity index (χ3n) is 2.58. The van der Waals surface area contributed by atoms with Crippen molar-refractivity contribution in [1.82, 2.24) is 5.32 Å². The minimum Gasteiger partial charge on any atom is -0.398 e. The number of benzene rings is 1. The van der Waals surface area contributed by atoms with Crippen LogP contribution in [0.25, 0.3) is 0 Å². The van der Waals surface area contributed by atoms with Gasteiger partial charge in [-0.15, -0.1) is 0 Å². The van der Waals surface area contributed by atoms with Crippen molar-refractivity contribution < 1.29 is 0 Å². The van der Waals surface area contributed by atoms with Crippen LogP contribution in [0.5, 0.6) is 0 Å². The molecule has 70 valence electrons. The summed E-state index contributed by atoms with van der Waals surface area (Å²) in [6.45, 7) is 3.10. The highest BCUT2D eigenvalue weighted by molar-refractivity contribution is 6.31. The van der Waals surface area contributed by atoms with Gasteiger partial charge in [-0.25, -0.2) is 0 Å². The molecule has 0 radical (unpaired) electrons. The maximum absolute atomic E-state index is 6.09. The highest BCUT2D eigenvalue weighted by atomic mass is 35.5. The number of anilines is 1. The van der Waals surface area contributed by atoms with Crippen molar-refractivity contribution in [3.05, 3.63) is 28.3 Å². The van der Waals surface area contributed by atoms with E-state index < -0.39 is 0 Å². The van der Waals surface area contributed by atoms with Crippen LogP contribution in [0.2, 0.25) is 5.02 Å². The Labute approximate surface area is 83.1 Å². The van der Waals surface area contributed by atoms with E-state index in [1.165, 1.54) is 12.0 Å². The fourth-order valence-electron chi connectivity index (χ4n) is 1.54. The van der Waals surface area contributed by atoms with E-state index in [9.17, 15) is 0 Å². The molecule has 2 nitrogen and oxygen atoms in total. The summed E-state index contributed by atoms with van der Waals surface area (Å²) in [5, 5.41) is 4.10. The van der Waals surface area contributed by atoms with Crippen LogP contribution in [-0.2, 0) is 0 Å². The molecule has 13 heavy (non-hydrogen) atoms. The molecule has 0 saturated carbocycles. The van der Waals surface area contributed by atoms with Crippen molar-refractivity contribution in [2.45, 2.75) is 19.4 Å². The van der Waals surface area contributed by atoms with Gasteiger partial charge in [0, 0.05) is 16.8 Å². The number of nitrogens with one attached hydrogen (secondary N) is 1. The molecule has 0 aromatic heterocycles. The molecule has 0 amide bonds. The molecule has 3 N–H and O–H groups in total. The Balaban J connectivity index is 2.39. The minimum absolute atomic E-state index is 0.437.